The topological polar surface area (TPSA) is 38.8 Å². The van der Waals surface area contributed by atoms with Gasteiger partial charge in [-0.05, 0) is 43.5 Å². The normalized spacial score (nSPS) is 10.2. The van der Waals surface area contributed by atoms with E-state index >= 15 is 0 Å². The molecule has 0 unspecified atom stereocenters. The van der Waals surface area contributed by atoms with Gasteiger partial charge in [-0.15, -0.1) is 0 Å². The molecule has 0 atom stereocenters. The van der Waals surface area contributed by atoms with Gasteiger partial charge in [0.15, 0.2) is 0 Å². The summed E-state index contributed by atoms with van der Waals surface area (Å²) in [6, 6.07) is 4.16. The van der Waals surface area contributed by atoms with Crippen LogP contribution in [0.15, 0.2) is 12.1 Å². The minimum atomic E-state index is -0.166. The fourth-order valence-electron chi connectivity index (χ4n) is 1.92. The first-order valence-electron chi connectivity index (χ1n) is 6.42. The van der Waals surface area contributed by atoms with Crippen LogP contribution in [0.5, 0.6) is 5.75 Å². The summed E-state index contributed by atoms with van der Waals surface area (Å²) in [5.74, 6) is 0.698. The lowest BCUT2D eigenvalue weighted by atomic mass is 10.1. The van der Waals surface area contributed by atoms with Gasteiger partial charge in [0.05, 0.1) is 19.9 Å². The molecule has 0 heterocycles. The summed E-state index contributed by atoms with van der Waals surface area (Å²) in [6.45, 7) is 4.94. The number of carbonyl (C=O) groups is 1. The number of nitrogens with zero attached hydrogens (tertiary/aromatic N) is 1. The molecular formula is C15H23NO3. The summed E-state index contributed by atoms with van der Waals surface area (Å²) in [7, 11) is 5.10. The SMILES string of the molecule is COC(=O)CCCN(C)c1cc(C)c(C)cc1OC. The van der Waals surface area contributed by atoms with Crippen LogP contribution >= 0.6 is 0 Å². The number of ether oxygens (including phenoxy) is 2. The molecule has 0 aliphatic rings. The van der Waals surface area contributed by atoms with Crippen molar-refractivity contribution >= 4 is 11.7 Å². The van der Waals surface area contributed by atoms with Crippen molar-refractivity contribution in [3.63, 3.8) is 0 Å². The van der Waals surface area contributed by atoms with Crippen LogP contribution in [0.25, 0.3) is 0 Å². The zero-order valence-corrected chi connectivity index (χ0v) is 12.4. The zero-order valence-electron chi connectivity index (χ0n) is 12.4. The van der Waals surface area contributed by atoms with E-state index in [9.17, 15) is 4.79 Å². The van der Waals surface area contributed by atoms with E-state index in [4.69, 9.17) is 4.74 Å². The van der Waals surface area contributed by atoms with Gasteiger partial charge in [0.25, 0.3) is 0 Å². The molecule has 0 radical (unpaired) electrons. The predicted molar refractivity (Wildman–Crippen MR) is 77.0 cm³/mol. The first-order valence-corrected chi connectivity index (χ1v) is 6.42. The van der Waals surface area contributed by atoms with E-state index in [1.165, 1.54) is 18.2 Å². The summed E-state index contributed by atoms with van der Waals surface area (Å²) < 4.78 is 10.1. The van der Waals surface area contributed by atoms with Crippen LogP contribution in [-0.4, -0.2) is 33.8 Å². The fourth-order valence-corrected chi connectivity index (χ4v) is 1.92. The van der Waals surface area contributed by atoms with Crippen LogP contribution in [0.1, 0.15) is 24.0 Å². The molecule has 4 heteroatoms. The Bertz CT molecular complexity index is 443. The van der Waals surface area contributed by atoms with Gasteiger partial charge in [-0.2, -0.15) is 0 Å². The van der Waals surface area contributed by atoms with Crippen molar-refractivity contribution in [3.8, 4) is 5.75 Å². The lowest BCUT2D eigenvalue weighted by molar-refractivity contribution is -0.140. The third-order valence-corrected chi connectivity index (χ3v) is 3.31. The molecular weight excluding hydrogens is 242 g/mol. The maximum atomic E-state index is 11.1. The van der Waals surface area contributed by atoms with Crippen LogP contribution in [-0.2, 0) is 9.53 Å². The molecule has 19 heavy (non-hydrogen) atoms. The Morgan fingerprint density at radius 1 is 1.21 bits per heavy atom. The van der Waals surface area contributed by atoms with Crippen molar-refractivity contribution < 1.29 is 14.3 Å². The van der Waals surface area contributed by atoms with Crippen molar-refractivity contribution in [1.29, 1.82) is 0 Å². The summed E-state index contributed by atoms with van der Waals surface area (Å²) >= 11 is 0. The maximum absolute atomic E-state index is 11.1. The quantitative estimate of drug-likeness (QED) is 0.741. The molecule has 0 bridgehead atoms. The van der Waals surface area contributed by atoms with E-state index in [0.717, 1.165) is 24.4 Å². The van der Waals surface area contributed by atoms with Gasteiger partial charge in [-0.1, -0.05) is 0 Å². The molecule has 0 amide bonds. The molecule has 0 aromatic heterocycles. The Morgan fingerprint density at radius 3 is 2.42 bits per heavy atom. The lowest BCUT2D eigenvalue weighted by Crippen LogP contribution is -2.20. The Labute approximate surface area is 115 Å². The smallest absolute Gasteiger partial charge is 0.305 e. The first kappa shape index (κ1) is 15.3. The molecule has 0 aliphatic carbocycles. The Morgan fingerprint density at radius 2 is 1.84 bits per heavy atom. The molecule has 1 rings (SSSR count). The van der Waals surface area contributed by atoms with Crippen LogP contribution in [0.2, 0.25) is 0 Å². The summed E-state index contributed by atoms with van der Waals surface area (Å²) in [4.78, 5) is 13.2. The van der Waals surface area contributed by atoms with E-state index in [0.29, 0.717) is 6.42 Å². The Hall–Kier alpha value is -1.71. The van der Waals surface area contributed by atoms with Crippen molar-refractivity contribution in [2.45, 2.75) is 26.7 Å². The minimum Gasteiger partial charge on any atom is -0.495 e. The van der Waals surface area contributed by atoms with Gasteiger partial charge in [-0.25, -0.2) is 0 Å². The number of methoxy groups -OCH3 is 2. The third kappa shape index (κ3) is 4.16. The van der Waals surface area contributed by atoms with E-state index in [1.54, 1.807) is 7.11 Å². The Kier molecular flexibility index (Phi) is 5.67. The van der Waals surface area contributed by atoms with Gasteiger partial charge in [0.2, 0.25) is 0 Å². The second-order valence-corrected chi connectivity index (χ2v) is 4.71. The van der Waals surface area contributed by atoms with Crippen molar-refractivity contribution in [3.05, 3.63) is 23.3 Å². The van der Waals surface area contributed by atoms with E-state index in [1.807, 2.05) is 13.1 Å². The number of anilines is 1. The summed E-state index contributed by atoms with van der Waals surface area (Å²) in [5.41, 5.74) is 3.50. The molecule has 0 aliphatic heterocycles. The number of aryl methyl sites for hydroxylation is 2. The standard InChI is InChI=1S/C15H23NO3/c1-11-9-13(14(18-4)10-12(11)2)16(3)8-6-7-15(17)19-5/h9-10H,6-8H2,1-5H3. The molecule has 0 saturated heterocycles. The molecule has 1 aromatic rings. The Balaban J connectivity index is 2.73. The predicted octanol–water partition coefficient (Wildman–Crippen LogP) is 2.70. The monoisotopic (exact) mass is 265 g/mol. The van der Waals surface area contributed by atoms with E-state index < -0.39 is 0 Å². The maximum Gasteiger partial charge on any atom is 0.305 e. The number of hydrogen-bond donors (Lipinski definition) is 0. The van der Waals surface area contributed by atoms with Gasteiger partial charge in [0.1, 0.15) is 5.75 Å². The highest BCUT2D eigenvalue weighted by atomic mass is 16.5. The number of rotatable bonds is 6. The third-order valence-electron chi connectivity index (χ3n) is 3.31. The zero-order chi connectivity index (χ0) is 14.4. The summed E-state index contributed by atoms with van der Waals surface area (Å²) in [5, 5.41) is 0. The van der Waals surface area contributed by atoms with E-state index in [2.05, 4.69) is 29.6 Å². The van der Waals surface area contributed by atoms with E-state index in [-0.39, 0.29) is 5.97 Å². The average molecular weight is 265 g/mol. The molecule has 0 fully saturated rings. The van der Waals surface area contributed by atoms with Crippen molar-refractivity contribution in [2.24, 2.45) is 0 Å². The van der Waals surface area contributed by atoms with Crippen molar-refractivity contribution in [1.82, 2.24) is 0 Å². The first-order chi connectivity index (χ1) is 8.99. The molecule has 0 saturated carbocycles. The largest absolute Gasteiger partial charge is 0.495 e. The van der Waals surface area contributed by atoms with Crippen LogP contribution in [0.4, 0.5) is 5.69 Å². The number of carbonyl (C=O) groups excluding carboxylic acids is 1. The number of esters is 1. The minimum absolute atomic E-state index is 0.166. The molecule has 0 spiro atoms. The lowest BCUT2D eigenvalue weighted by Gasteiger charge is -2.22. The second-order valence-electron chi connectivity index (χ2n) is 4.71. The second kappa shape index (κ2) is 7.02. The van der Waals surface area contributed by atoms with Gasteiger partial charge in [-0.3, -0.25) is 4.79 Å². The summed E-state index contributed by atoms with van der Waals surface area (Å²) in [6.07, 6.45) is 1.20. The molecule has 106 valence electrons. The molecule has 1 aromatic carbocycles. The van der Waals surface area contributed by atoms with Crippen LogP contribution in [0.3, 0.4) is 0 Å². The number of hydrogen-bond acceptors (Lipinski definition) is 4. The van der Waals surface area contributed by atoms with Gasteiger partial charge in [0, 0.05) is 20.0 Å². The fraction of sp³-hybridized carbons (Fsp3) is 0.533. The highest BCUT2D eigenvalue weighted by molar-refractivity contribution is 5.69. The highest BCUT2D eigenvalue weighted by Crippen LogP contribution is 2.30. The van der Waals surface area contributed by atoms with Crippen LogP contribution in [0, 0.1) is 13.8 Å². The van der Waals surface area contributed by atoms with Crippen molar-refractivity contribution in [2.75, 3.05) is 32.7 Å². The molecule has 0 N–H and O–H groups in total. The molecule has 4 nitrogen and oxygen atoms in total. The number of benzene rings is 1. The highest BCUT2D eigenvalue weighted by Gasteiger charge is 2.11. The van der Waals surface area contributed by atoms with Gasteiger partial charge < -0.3 is 14.4 Å². The average Bonchev–Trinajstić information content (AvgIpc) is 2.40. The van der Waals surface area contributed by atoms with Gasteiger partial charge >= 0.3 is 5.97 Å². The van der Waals surface area contributed by atoms with Crippen LogP contribution < -0.4 is 9.64 Å².